The average molecular weight is 293 g/mol. The van der Waals surface area contributed by atoms with Crippen LogP contribution in [0.5, 0.6) is 0 Å². The van der Waals surface area contributed by atoms with Gasteiger partial charge in [-0.1, -0.05) is 0 Å². The summed E-state index contributed by atoms with van der Waals surface area (Å²) in [4.78, 5) is 13.4. The summed E-state index contributed by atoms with van der Waals surface area (Å²) in [6.07, 6.45) is 3.51. The van der Waals surface area contributed by atoms with Crippen molar-refractivity contribution in [3.05, 3.63) is 35.1 Å². The minimum Gasteiger partial charge on any atom is -0.366 e. The van der Waals surface area contributed by atoms with Crippen molar-refractivity contribution >= 4 is 5.91 Å². The molecule has 1 saturated heterocycles. The number of carbonyl (C=O) groups excluding carboxylic acids is 1. The van der Waals surface area contributed by atoms with Gasteiger partial charge in [-0.25, -0.2) is 4.39 Å². The Bertz CT molecular complexity index is 484. The Balaban J connectivity index is 1.91. The number of halogens is 1. The Labute approximate surface area is 125 Å². The Morgan fingerprint density at radius 1 is 1.43 bits per heavy atom. The van der Waals surface area contributed by atoms with Gasteiger partial charge in [0.2, 0.25) is 5.91 Å². The Hall–Kier alpha value is -1.46. The van der Waals surface area contributed by atoms with E-state index in [0.29, 0.717) is 17.7 Å². The molecule has 5 heteroatoms. The van der Waals surface area contributed by atoms with E-state index in [9.17, 15) is 9.18 Å². The smallest absolute Gasteiger partial charge is 0.248 e. The number of likely N-dealkylation sites (tertiary alicyclic amines) is 1. The number of primary amides is 1. The molecule has 1 heterocycles. The van der Waals surface area contributed by atoms with Crippen LogP contribution in [0.1, 0.15) is 35.2 Å². The summed E-state index contributed by atoms with van der Waals surface area (Å²) >= 11 is 0. The maximum absolute atomic E-state index is 13.8. The zero-order valence-corrected chi connectivity index (χ0v) is 12.6. The third-order valence-corrected chi connectivity index (χ3v) is 4.23. The lowest BCUT2D eigenvalue weighted by molar-refractivity contribution is 0.1000. The molecule has 0 aliphatic carbocycles. The van der Waals surface area contributed by atoms with Crippen LogP contribution in [0.4, 0.5) is 4.39 Å². The lowest BCUT2D eigenvalue weighted by Gasteiger charge is -2.32. The van der Waals surface area contributed by atoms with Crippen LogP contribution in [0.2, 0.25) is 0 Å². The molecular weight excluding hydrogens is 269 g/mol. The summed E-state index contributed by atoms with van der Waals surface area (Å²) in [5.74, 6) is -0.0187. The number of piperidine rings is 1. The average Bonchev–Trinajstić information content (AvgIpc) is 2.48. The molecule has 0 unspecified atom stereocenters. The molecular formula is C16H24FN3O. The summed E-state index contributed by atoms with van der Waals surface area (Å²) in [6, 6.07) is 4.34. The number of carbonyl (C=O) groups is 1. The number of nitrogens with one attached hydrogen (secondary N) is 1. The van der Waals surface area contributed by atoms with Gasteiger partial charge >= 0.3 is 0 Å². The van der Waals surface area contributed by atoms with Crippen LogP contribution in [0.25, 0.3) is 0 Å². The number of benzene rings is 1. The summed E-state index contributed by atoms with van der Waals surface area (Å²) < 4.78 is 13.8. The molecule has 0 aromatic heterocycles. The topological polar surface area (TPSA) is 58.4 Å². The molecule has 1 fully saturated rings. The van der Waals surface area contributed by atoms with E-state index in [0.717, 1.165) is 38.4 Å². The monoisotopic (exact) mass is 293 g/mol. The van der Waals surface area contributed by atoms with Crippen molar-refractivity contribution in [3.63, 3.8) is 0 Å². The van der Waals surface area contributed by atoms with Gasteiger partial charge in [0.25, 0.3) is 0 Å². The fourth-order valence-electron chi connectivity index (χ4n) is 2.87. The third-order valence-electron chi connectivity index (χ3n) is 4.23. The Morgan fingerprint density at radius 2 is 2.14 bits per heavy atom. The quantitative estimate of drug-likeness (QED) is 0.840. The number of hydrogen-bond donors (Lipinski definition) is 2. The maximum Gasteiger partial charge on any atom is 0.248 e. The standard InChI is InChI=1S/C16H24FN3O/c1-19-7-4-12-5-8-20(9-6-12)11-14-10-13(16(18)21)2-3-15(14)17/h2-3,10,12,19H,4-9,11H2,1H3,(H2,18,21). The number of amides is 1. The third kappa shape index (κ3) is 4.51. The van der Waals surface area contributed by atoms with E-state index < -0.39 is 5.91 Å². The van der Waals surface area contributed by atoms with E-state index in [-0.39, 0.29) is 5.82 Å². The van der Waals surface area contributed by atoms with Crippen molar-refractivity contribution in [1.82, 2.24) is 10.2 Å². The Kier molecular flexibility index (Phi) is 5.70. The molecule has 2 rings (SSSR count). The highest BCUT2D eigenvalue weighted by molar-refractivity contribution is 5.92. The lowest BCUT2D eigenvalue weighted by atomic mass is 9.93. The summed E-state index contributed by atoms with van der Waals surface area (Å²) in [5, 5.41) is 3.18. The summed E-state index contributed by atoms with van der Waals surface area (Å²) in [6.45, 7) is 3.56. The molecule has 1 aliphatic rings. The first-order chi connectivity index (χ1) is 10.1. The van der Waals surface area contributed by atoms with Gasteiger partial charge in [-0.3, -0.25) is 9.69 Å². The minimum atomic E-state index is -0.512. The van der Waals surface area contributed by atoms with Gasteiger partial charge in [0.1, 0.15) is 5.82 Å². The predicted molar refractivity (Wildman–Crippen MR) is 81.5 cm³/mol. The van der Waals surface area contributed by atoms with Gasteiger partial charge in [-0.2, -0.15) is 0 Å². The van der Waals surface area contributed by atoms with E-state index in [1.165, 1.54) is 18.6 Å². The lowest BCUT2D eigenvalue weighted by Crippen LogP contribution is -2.34. The van der Waals surface area contributed by atoms with Crippen LogP contribution in [0.3, 0.4) is 0 Å². The van der Waals surface area contributed by atoms with Gasteiger partial charge in [-0.05, 0) is 70.1 Å². The van der Waals surface area contributed by atoms with E-state index in [4.69, 9.17) is 5.73 Å². The molecule has 21 heavy (non-hydrogen) atoms. The summed E-state index contributed by atoms with van der Waals surface area (Å²) in [7, 11) is 1.98. The maximum atomic E-state index is 13.8. The first-order valence-electron chi connectivity index (χ1n) is 7.55. The van der Waals surface area contributed by atoms with Gasteiger partial charge in [0.15, 0.2) is 0 Å². The van der Waals surface area contributed by atoms with E-state index >= 15 is 0 Å². The van der Waals surface area contributed by atoms with Crippen LogP contribution in [0, 0.1) is 11.7 Å². The molecule has 1 amide bonds. The molecule has 1 aliphatic heterocycles. The van der Waals surface area contributed by atoms with Crippen molar-refractivity contribution in [2.24, 2.45) is 11.7 Å². The summed E-state index contributed by atoms with van der Waals surface area (Å²) in [5.41, 5.74) is 6.18. The Morgan fingerprint density at radius 3 is 2.76 bits per heavy atom. The highest BCUT2D eigenvalue weighted by Crippen LogP contribution is 2.22. The van der Waals surface area contributed by atoms with Crippen LogP contribution in [-0.2, 0) is 6.54 Å². The predicted octanol–water partition coefficient (Wildman–Crippen LogP) is 1.75. The number of nitrogens with zero attached hydrogens (tertiary/aromatic N) is 1. The van der Waals surface area contributed by atoms with Gasteiger partial charge in [0.05, 0.1) is 0 Å². The molecule has 0 atom stereocenters. The molecule has 3 N–H and O–H groups in total. The fraction of sp³-hybridized carbons (Fsp3) is 0.562. The van der Waals surface area contributed by atoms with Gasteiger partial charge < -0.3 is 11.1 Å². The highest BCUT2D eigenvalue weighted by Gasteiger charge is 2.20. The zero-order valence-electron chi connectivity index (χ0n) is 12.6. The van der Waals surface area contributed by atoms with Crippen LogP contribution in [-0.4, -0.2) is 37.5 Å². The van der Waals surface area contributed by atoms with Gasteiger partial charge in [0, 0.05) is 17.7 Å². The normalized spacial score (nSPS) is 17.0. The molecule has 116 valence electrons. The van der Waals surface area contributed by atoms with Crippen LogP contribution >= 0.6 is 0 Å². The number of hydrogen-bond acceptors (Lipinski definition) is 3. The molecule has 4 nitrogen and oxygen atoms in total. The minimum absolute atomic E-state index is 0.266. The van der Waals surface area contributed by atoms with E-state index in [1.807, 2.05) is 7.05 Å². The SMILES string of the molecule is CNCCC1CCN(Cc2cc(C(N)=O)ccc2F)CC1. The molecule has 0 spiro atoms. The van der Waals surface area contributed by atoms with E-state index in [2.05, 4.69) is 10.2 Å². The zero-order chi connectivity index (χ0) is 15.2. The second-order valence-electron chi connectivity index (χ2n) is 5.78. The van der Waals surface area contributed by atoms with Crippen molar-refractivity contribution in [2.45, 2.75) is 25.8 Å². The molecule has 1 aromatic rings. The van der Waals surface area contributed by atoms with Crippen molar-refractivity contribution < 1.29 is 9.18 Å². The van der Waals surface area contributed by atoms with Crippen molar-refractivity contribution in [3.8, 4) is 0 Å². The molecule has 0 radical (unpaired) electrons. The molecule has 0 saturated carbocycles. The largest absolute Gasteiger partial charge is 0.366 e. The van der Waals surface area contributed by atoms with E-state index in [1.54, 1.807) is 6.07 Å². The molecule has 0 bridgehead atoms. The first-order valence-corrected chi connectivity index (χ1v) is 7.55. The van der Waals surface area contributed by atoms with Crippen LogP contribution < -0.4 is 11.1 Å². The highest BCUT2D eigenvalue weighted by atomic mass is 19.1. The fourth-order valence-corrected chi connectivity index (χ4v) is 2.87. The van der Waals surface area contributed by atoms with Crippen molar-refractivity contribution in [1.29, 1.82) is 0 Å². The van der Waals surface area contributed by atoms with Crippen LogP contribution in [0.15, 0.2) is 18.2 Å². The molecule has 1 aromatic carbocycles. The number of rotatable bonds is 6. The van der Waals surface area contributed by atoms with Gasteiger partial charge in [-0.15, -0.1) is 0 Å². The second-order valence-corrected chi connectivity index (χ2v) is 5.78. The van der Waals surface area contributed by atoms with Crippen molar-refractivity contribution in [2.75, 3.05) is 26.7 Å². The second kappa shape index (κ2) is 7.52. The first kappa shape index (κ1) is 15.9. The number of nitrogens with two attached hydrogens (primary N) is 1.